The maximum Gasteiger partial charge on any atom is 0.329 e. The van der Waals surface area contributed by atoms with Crippen LogP contribution in [-0.4, -0.2) is 24.6 Å². The van der Waals surface area contributed by atoms with Gasteiger partial charge in [0.2, 0.25) is 0 Å². The fourth-order valence-electron chi connectivity index (χ4n) is 2.75. The number of hydrogen-bond acceptors (Lipinski definition) is 5. The van der Waals surface area contributed by atoms with Crippen molar-refractivity contribution in [3.05, 3.63) is 87.7 Å². The van der Waals surface area contributed by atoms with Gasteiger partial charge in [-0.3, -0.25) is 9.59 Å². The average Bonchev–Trinajstić information content (AvgIpc) is 2.81. The predicted molar refractivity (Wildman–Crippen MR) is 129 cm³/mol. The lowest BCUT2D eigenvalue weighted by molar-refractivity contribution is -0.136. The first-order valence-corrected chi connectivity index (χ1v) is 10.9. The van der Waals surface area contributed by atoms with Gasteiger partial charge in [0, 0.05) is 21.3 Å². The zero-order chi connectivity index (χ0) is 24.5. The molecule has 2 amide bonds. The Hall–Kier alpha value is -3.62. The minimum absolute atomic E-state index is 0.144. The van der Waals surface area contributed by atoms with Gasteiger partial charge in [0.15, 0.2) is 11.5 Å². The van der Waals surface area contributed by atoms with E-state index in [0.717, 1.165) is 12.1 Å². The quantitative estimate of drug-likeness (QED) is 0.251. The summed E-state index contributed by atoms with van der Waals surface area (Å²) < 4.78 is 24.4. The van der Waals surface area contributed by atoms with Crippen LogP contribution in [0.5, 0.6) is 11.5 Å². The molecule has 0 saturated carbocycles. The van der Waals surface area contributed by atoms with E-state index in [1.165, 1.54) is 18.3 Å². The first-order valence-electron chi connectivity index (χ1n) is 10.1. The molecule has 0 atom stereocenters. The normalized spacial score (nSPS) is 10.7. The van der Waals surface area contributed by atoms with E-state index in [-0.39, 0.29) is 12.3 Å². The molecule has 0 fully saturated rings. The topological polar surface area (TPSA) is 89.0 Å². The summed E-state index contributed by atoms with van der Waals surface area (Å²) in [5.74, 6) is -1.46. The van der Waals surface area contributed by atoms with Crippen LogP contribution in [0.2, 0.25) is 10.0 Å². The summed E-state index contributed by atoms with van der Waals surface area (Å²) >= 11 is 12.4. The summed E-state index contributed by atoms with van der Waals surface area (Å²) in [7, 11) is 0. The molecule has 10 heteroatoms. The minimum Gasteiger partial charge on any atom is -0.490 e. The number of benzene rings is 3. The highest BCUT2D eigenvalue weighted by molar-refractivity contribution is 6.39. The zero-order valence-electron chi connectivity index (χ0n) is 18.0. The maximum absolute atomic E-state index is 12.9. The highest BCUT2D eigenvalue weighted by Gasteiger charge is 2.13. The van der Waals surface area contributed by atoms with Gasteiger partial charge in [-0.05, 0) is 67.1 Å². The van der Waals surface area contributed by atoms with Gasteiger partial charge in [-0.2, -0.15) is 5.10 Å². The van der Waals surface area contributed by atoms with Crippen molar-refractivity contribution < 1.29 is 23.5 Å². The van der Waals surface area contributed by atoms with Gasteiger partial charge in [0.1, 0.15) is 12.4 Å². The van der Waals surface area contributed by atoms with Gasteiger partial charge in [0.25, 0.3) is 0 Å². The lowest BCUT2D eigenvalue weighted by atomic mass is 10.2. The first kappa shape index (κ1) is 25.0. The van der Waals surface area contributed by atoms with Crippen molar-refractivity contribution in [3.63, 3.8) is 0 Å². The number of nitrogens with one attached hydrogen (secondary N) is 2. The van der Waals surface area contributed by atoms with E-state index in [2.05, 4.69) is 15.8 Å². The lowest BCUT2D eigenvalue weighted by Gasteiger charge is -2.14. The molecule has 0 aromatic heterocycles. The van der Waals surface area contributed by atoms with Crippen molar-refractivity contribution in [1.29, 1.82) is 0 Å². The van der Waals surface area contributed by atoms with Crippen LogP contribution < -0.4 is 20.2 Å². The largest absolute Gasteiger partial charge is 0.490 e. The molecule has 0 aliphatic carbocycles. The number of carbonyl (C=O) groups excluding carboxylic acids is 2. The van der Waals surface area contributed by atoms with Gasteiger partial charge in [0.05, 0.1) is 12.8 Å². The van der Waals surface area contributed by atoms with Gasteiger partial charge >= 0.3 is 11.8 Å². The second-order valence-corrected chi connectivity index (χ2v) is 7.60. The second-order valence-electron chi connectivity index (χ2n) is 6.79. The lowest BCUT2D eigenvalue weighted by Crippen LogP contribution is -2.32. The van der Waals surface area contributed by atoms with Crippen LogP contribution in [0.25, 0.3) is 0 Å². The Morgan fingerprint density at radius 1 is 0.971 bits per heavy atom. The number of amides is 2. The number of hydrogen-bond donors (Lipinski definition) is 2. The van der Waals surface area contributed by atoms with Crippen LogP contribution in [0.15, 0.2) is 65.8 Å². The van der Waals surface area contributed by atoms with Crippen molar-refractivity contribution in [2.75, 3.05) is 11.9 Å². The second kappa shape index (κ2) is 12.0. The summed E-state index contributed by atoms with van der Waals surface area (Å²) in [4.78, 5) is 23.8. The molecule has 0 bridgehead atoms. The number of hydrazone groups is 1. The zero-order valence-corrected chi connectivity index (χ0v) is 19.5. The number of nitrogens with zero attached hydrogens (tertiary/aromatic N) is 1. The van der Waals surface area contributed by atoms with Gasteiger partial charge in [-0.15, -0.1) is 0 Å². The van der Waals surface area contributed by atoms with Crippen molar-refractivity contribution in [1.82, 2.24) is 5.43 Å². The monoisotopic (exact) mass is 503 g/mol. The van der Waals surface area contributed by atoms with Crippen molar-refractivity contribution in [2.45, 2.75) is 13.5 Å². The summed E-state index contributed by atoms with van der Waals surface area (Å²) in [6.45, 7) is 2.37. The number of ether oxygens (including phenoxy) is 2. The SMILES string of the molecule is CCOc1cc(/C=N\NC(=O)C(=O)Nc2ccc(F)cc2)ccc1OCc1c(Cl)cccc1Cl. The summed E-state index contributed by atoms with van der Waals surface area (Å²) in [6, 6.07) is 15.2. The van der Waals surface area contributed by atoms with Crippen LogP contribution in [-0.2, 0) is 16.2 Å². The van der Waals surface area contributed by atoms with E-state index >= 15 is 0 Å². The highest BCUT2D eigenvalue weighted by Crippen LogP contribution is 2.31. The molecular weight excluding hydrogens is 484 g/mol. The molecule has 3 aromatic carbocycles. The molecule has 0 radical (unpaired) electrons. The van der Waals surface area contributed by atoms with E-state index in [0.29, 0.717) is 39.3 Å². The van der Waals surface area contributed by atoms with E-state index in [1.54, 1.807) is 36.4 Å². The van der Waals surface area contributed by atoms with E-state index in [9.17, 15) is 14.0 Å². The van der Waals surface area contributed by atoms with Crippen LogP contribution in [0, 0.1) is 5.82 Å². The van der Waals surface area contributed by atoms with Crippen molar-refractivity contribution in [3.8, 4) is 11.5 Å². The molecule has 176 valence electrons. The van der Waals surface area contributed by atoms with Crippen molar-refractivity contribution >= 4 is 46.9 Å². The van der Waals surface area contributed by atoms with Crippen molar-refractivity contribution in [2.24, 2.45) is 5.10 Å². The smallest absolute Gasteiger partial charge is 0.329 e. The average molecular weight is 504 g/mol. The van der Waals surface area contributed by atoms with Gasteiger partial charge in [-0.25, -0.2) is 9.82 Å². The molecule has 0 aliphatic heterocycles. The standard InChI is InChI=1S/C24H20Cl2FN3O4/c1-2-33-22-12-15(6-11-21(22)34-14-18-19(25)4-3-5-20(18)26)13-28-30-24(32)23(31)29-17-9-7-16(27)8-10-17/h3-13H,2,14H2,1H3,(H,29,31)(H,30,32)/b28-13-. The Morgan fingerprint density at radius 2 is 1.68 bits per heavy atom. The Balaban J connectivity index is 1.61. The number of anilines is 1. The van der Waals surface area contributed by atoms with Crippen LogP contribution >= 0.6 is 23.2 Å². The minimum atomic E-state index is -0.984. The maximum atomic E-state index is 12.9. The molecular formula is C24H20Cl2FN3O4. The number of carbonyl (C=O) groups is 2. The van der Waals surface area contributed by atoms with Gasteiger partial charge in [-0.1, -0.05) is 29.3 Å². The van der Waals surface area contributed by atoms with E-state index < -0.39 is 17.6 Å². The Morgan fingerprint density at radius 3 is 2.35 bits per heavy atom. The molecule has 0 saturated heterocycles. The predicted octanol–water partition coefficient (Wildman–Crippen LogP) is 5.20. The molecule has 0 spiro atoms. The molecule has 0 aliphatic rings. The first-order chi connectivity index (χ1) is 16.4. The third-order valence-corrected chi connectivity index (χ3v) is 5.10. The molecule has 7 nitrogen and oxygen atoms in total. The fourth-order valence-corrected chi connectivity index (χ4v) is 3.26. The Kier molecular flexibility index (Phi) is 8.84. The third-order valence-electron chi connectivity index (χ3n) is 4.39. The molecule has 3 rings (SSSR count). The molecule has 34 heavy (non-hydrogen) atoms. The van der Waals surface area contributed by atoms with E-state index in [1.807, 2.05) is 6.92 Å². The van der Waals surface area contributed by atoms with Crippen LogP contribution in [0.4, 0.5) is 10.1 Å². The molecule has 2 N–H and O–H groups in total. The number of halogens is 3. The Labute approximate surface area is 205 Å². The van der Waals surface area contributed by atoms with Crippen LogP contribution in [0.3, 0.4) is 0 Å². The third kappa shape index (κ3) is 6.94. The molecule has 0 unspecified atom stereocenters. The summed E-state index contributed by atoms with van der Waals surface area (Å²) in [5, 5.41) is 7.12. The van der Waals surface area contributed by atoms with Gasteiger partial charge < -0.3 is 14.8 Å². The Bertz CT molecular complexity index is 1180. The fraction of sp³-hybridized carbons (Fsp3) is 0.125. The highest BCUT2D eigenvalue weighted by atomic mass is 35.5. The molecule has 0 heterocycles. The summed E-state index contributed by atoms with van der Waals surface area (Å²) in [5.41, 5.74) is 3.65. The molecule has 3 aromatic rings. The van der Waals surface area contributed by atoms with E-state index in [4.69, 9.17) is 32.7 Å². The van der Waals surface area contributed by atoms with Crippen LogP contribution in [0.1, 0.15) is 18.1 Å². The number of rotatable bonds is 8. The summed E-state index contributed by atoms with van der Waals surface area (Å²) in [6.07, 6.45) is 1.35.